The number of ether oxygens (including phenoxy) is 1. The Morgan fingerprint density at radius 2 is 2.40 bits per heavy atom. The van der Waals surface area contributed by atoms with Gasteiger partial charge in [-0.15, -0.1) is 6.58 Å². The molecule has 0 aliphatic rings. The van der Waals surface area contributed by atoms with Gasteiger partial charge in [-0.3, -0.25) is 4.79 Å². The molecule has 0 spiro atoms. The smallest absolute Gasteiger partial charge is 0.248 e. The third-order valence-corrected chi connectivity index (χ3v) is 1.91. The van der Waals surface area contributed by atoms with E-state index in [0.29, 0.717) is 19.6 Å². The summed E-state index contributed by atoms with van der Waals surface area (Å²) in [5, 5.41) is 8.34. The fourth-order valence-corrected chi connectivity index (χ4v) is 0.942. The molecule has 0 heterocycles. The number of allylic oxidation sites excluding steroid dienone is 1. The molecular weight excluding hydrogens is 192 g/mol. The van der Waals surface area contributed by atoms with Crippen LogP contribution in [0.15, 0.2) is 12.7 Å². The summed E-state index contributed by atoms with van der Waals surface area (Å²) in [4.78, 5) is 12.9. The fraction of sp³-hybridized carbons (Fsp3) is 0.636. The molecule has 0 aromatic rings. The average molecular weight is 210 g/mol. The van der Waals surface area contributed by atoms with Gasteiger partial charge in [-0.2, -0.15) is 5.26 Å². The number of hydrogen-bond acceptors (Lipinski definition) is 3. The SMILES string of the molecule is C=CCCCOCC(=O)N(C)CCC#N. The number of carbonyl (C=O) groups is 1. The van der Waals surface area contributed by atoms with Crippen LogP contribution >= 0.6 is 0 Å². The lowest BCUT2D eigenvalue weighted by molar-refractivity contribution is -0.134. The number of amides is 1. The molecule has 0 rings (SSSR count). The summed E-state index contributed by atoms with van der Waals surface area (Å²) < 4.78 is 5.18. The van der Waals surface area contributed by atoms with Gasteiger partial charge in [0, 0.05) is 20.2 Å². The maximum Gasteiger partial charge on any atom is 0.248 e. The molecule has 0 saturated carbocycles. The summed E-state index contributed by atoms with van der Waals surface area (Å²) in [7, 11) is 1.67. The van der Waals surface area contributed by atoms with Crippen molar-refractivity contribution in [1.29, 1.82) is 5.26 Å². The second-order valence-corrected chi connectivity index (χ2v) is 3.21. The molecule has 0 fully saturated rings. The van der Waals surface area contributed by atoms with Gasteiger partial charge in [0.25, 0.3) is 0 Å². The van der Waals surface area contributed by atoms with Gasteiger partial charge in [0.15, 0.2) is 0 Å². The molecule has 0 aromatic heterocycles. The molecule has 0 saturated heterocycles. The Labute approximate surface area is 91.1 Å². The second-order valence-electron chi connectivity index (χ2n) is 3.21. The average Bonchev–Trinajstić information content (AvgIpc) is 2.25. The van der Waals surface area contributed by atoms with Gasteiger partial charge in [-0.25, -0.2) is 0 Å². The van der Waals surface area contributed by atoms with Crippen molar-refractivity contribution in [1.82, 2.24) is 4.90 Å². The molecule has 0 unspecified atom stereocenters. The van der Waals surface area contributed by atoms with Gasteiger partial charge in [-0.1, -0.05) is 6.08 Å². The van der Waals surface area contributed by atoms with E-state index in [9.17, 15) is 4.79 Å². The number of rotatable bonds is 8. The Balaban J connectivity index is 3.47. The van der Waals surface area contributed by atoms with Gasteiger partial charge in [0.2, 0.25) is 5.91 Å². The molecule has 4 nitrogen and oxygen atoms in total. The third kappa shape index (κ3) is 7.71. The Morgan fingerprint density at radius 1 is 1.67 bits per heavy atom. The van der Waals surface area contributed by atoms with Gasteiger partial charge in [0.1, 0.15) is 6.61 Å². The van der Waals surface area contributed by atoms with Crippen LogP contribution in [0, 0.1) is 11.3 Å². The van der Waals surface area contributed by atoms with Crippen LogP contribution in [0.1, 0.15) is 19.3 Å². The first-order chi connectivity index (χ1) is 7.22. The van der Waals surface area contributed by atoms with Crippen molar-refractivity contribution in [3.63, 3.8) is 0 Å². The first-order valence-corrected chi connectivity index (χ1v) is 5.02. The molecular formula is C11H18N2O2. The number of hydrogen-bond donors (Lipinski definition) is 0. The molecule has 0 atom stereocenters. The van der Waals surface area contributed by atoms with Gasteiger partial charge in [-0.05, 0) is 12.8 Å². The highest BCUT2D eigenvalue weighted by Crippen LogP contribution is 1.93. The minimum absolute atomic E-state index is 0.0798. The Morgan fingerprint density at radius 3 is 3.00 bits per heavy atom. The van der Waals surface area contributed by atoms with Crippen molar-refractivity contribution in [2.24, 2.45) is 0 Å². The van der Waals surface area contributed by atoms with E-state index in [2.05, 4.69) is 6.58 Å². The van der Waals surface area contributed by atoms with Crippen molar-refractivity contribution in [3.05, 3.63) is 12.7 Å². The molecule has 84 valence electrons. The monoisotopic (exact) mass is 210 g/mol. The number of unbranched alkanes of at least 4 members (excludes halogenated alkanes) is 1. The number of carbonyl (C=O) groups excluding carboxylic acids is 1. The van der Waals surface area contributed by atoms with E-state index in [0.717, 1.165) is 12.8 Å². The van der Waals surface area contributed by atoms with E-state index in [1.54, 1.807) is 7.05 Å². The number of nitriles is 1. The Bertz CT molecular complexity index is 233. The van der Waals surface area contributed by atoms with Crippen LogP contribution < -0.4 is 0 Å². The minimum atomic E-state index is -0.0798. The standard InChI is InChI=1S/C11H18N2O2/c1-3-4-5-9-15-10-11(14)13(2)8-6-7-12/h3H,1,4-6,8-10H2,2H3. The van der Waals surface area contributed by atoms with E-state index in [1.807, 2.05) is 12.1 Å². The molecule has 0 aromatic carbocycles. The summed E-state index contributed by atoms with van der Waals surface area (Å²) >= 11 is 0. The summed E-state index contributed by atoms with van der Waals surface area (Å²) in [6, 6.07) is 1.99. The lowest BCUT2D eigenvalue weighted by atomic mass is 10.3. The second kappa shape index (κ2) is 9.22. The van der Waals surface area contributed by atoms with Crippen LogP contribution in [0.5, 0.6) is 0 Å². The van der Waals surface area contributed by atoms with Crippen LogP contribution in [0.25, 0.3) is 0 Å². The van der Waals surface area contributed by atoms with Crippen molar-refractivity contribution >= 4 is 5.91 Å². The number of likely N-dealkylation sites (N-methyl/N-ethyl adjacent to an activating group) is 1. The fourth-order valence-electron chi connectivity index (χ4n) is 0.942. The van der Waals surface area contributed by atoms with Crippen LogP contribution in [-0.4, -0.2) is 37.6 Å². The van der Waals surface area contributed by atoms with Crippen LogP contribution in [0.4, 0.5) is 0 Å². The normalized spacial score (nSPS) is 9.33. The highest BCUT2D eigenvalue weighted by Gasteiger charge is 2.07. The van der Waals surface area contributed by atoms with Gasteiger partial charge in [0.05, 0.1) is 12.5 Å². The molecule has 0 bridgehead atoms. The third-order valence-electron chi connectivity index (χ3n) is 1.91. The molecule has 0 radical (unpaired) electrons. The predicted octanol–water partition coefficient (Wildman–Crippen LogP) is 1.34. The zero-order valence-electron chi connectivity index (χ0n) is 9.24. The van der Waals surface area contributed by atoms with Crippen LogP contribution in [0.2, 0.25) is 0 Å². The highest BCUT2D eigenvalue weighted by molar-refractivity contribution is 5.77. The van der Waals surface area contributed by atoms with E-state index < -0.39 is 0 Å². The zero-order chi connectivity index (χ0) is 11.5. The molecule has 15 heavy (non-hydrogen) atoms. The maximum atomic E-state index is 11.4. The molecule has 0 N–H and O–H groups in total. The quantitative estimate of drug-likeness (QED) is 0.449. The molecule has 0 aliphatic heterocycles. The summed E-state index contributed by atoms with van der Waals surface area (Å²) in [5.74, 6) is -0.0798. The molecule has 1 amide bonds. The van der Waals surface area contributed by atoms with Crippen molar-refractivity contribution < 1.29 is 9.53 Å². The first kappa shape index (κ1) is 13.7. The van der Waals surface area contributed by atoms with E-state index in [-0.39, 0.29) is 12.5 Å². The van der Waals surface area contributed by atoms with Crippen molar-refractivity contribution in [3.8, 4) is 6.07 Å². The van der Waals surface area contributed by atoms with E-state index in [4.69, 9.17) is 10.00 Å². The van der Waals surface area contributed by atoms with E-state index in [1.165, 1.54) is 4.90 Å². The first-order valence-electron chi connectivity index (χ1n) is 5.02. The van der Waals surface area contributed by atoms with Gasteiger partial charge >= 0.3 is 0 Å². The van der Waals surface area contributed by atoms with Crippen molar-refractivity contribution in [2.75, 3.05) is 26.8 Å². The minimum Gasteiger partial charge on any atom is -0.372 e. The summed E-state index contributed by atoms with van der Waals surface area (Å²) in [6.07, 6.45) is 3.97. The topological polar surface area (TPSA) is 53.3 Å². The Hall–Kier alpha value is -1.34. The lowest BCUT2D eigenvalue weighted by Gasteiger charge is -2.15. The Kier molecular flexibility index (Phi) is 8.40. The van der Waals surface area contributed by atoms with E-state index >= 15 is 0 Å². The largest absolute Gasteiger partial charge is 0.372 e. The van der Waals surface area contributed by atoms with Crippen LogP contribution in [-0.2, 0) is 9.53 Å². The number of nitrogens with zero attached hydrogens (tertiary/aromatic N) is 2. The summed E-state index contributed by atoms with van der Waals surface area (Å²) in [6.45, 7) is 4.73. The molecule has 4 heteroatoms. The van der Waals surface area contributed by atoms with Crippen molar-refractivity contribution in [2.45, 2.75) is 19.3 Å². The maximum absolute atomic E-state index is 11.4. The van der Waals surface area contributed by atoms with Crippen LogP contribution in [0.3, 0.4) is 0 Å². The van der Waals surface area contributed by atoms with Gasteiger partial charge < -0.3 is 9.64 Å². The highest BCUT2D eigenvalue weighted by atomic mass is 16.5. The predicted molar refractivity (Wildman–Crippen MR) is 58.1 cm³/mol. The zero-order valence-corrected chi connectivity index (χ0v) is 9.24. The molecule has 0 aliphatic carbocycles. The lowest BCUT2D eigenvalue weighted by Crippen LogP contribution is -2.31. The summed E-state index contributed by atoms with van der Waals surface area (Å²) in [5.41, 5.74) is 0.